The largest absolute Gasteiger partial charge is 0.296 e. The number of carbonyl (C=O) groups excluding carboxylic acids is 2. The van der Waals surface area contributed by atoms with E-state index in [9.17, 15) is 9.59 Å². The van der Waals surface area contributed by atoms with Crippen LogP contribution in [0.3, 0.4) is 0 Å². The second-order valence-corrected chi connectivity index (χ2v) is 6.42. The molecule has 0 bridgehead atoms. The Kier molecular flexibility index (Phi) is 3.44. The first-order valence-electron chi connectivity index (χ1n) is 6.74. The van der Waals surface area contributed by atoms with Crippen molar-refractivity contribution in [2.45, 2.75) is 31.6 Å². The summed E-state index contributed by atoms with van der Waals surface area (Å²) < 4.78 is 1.00. The van der Waals surface area contributed by atoms with E-state index in [4.69, 9.17) is 0 Å². The minimum absolute atomic E-state index is 0.115. The summed E-state index contributed by atoms with van der Waals surface area (Å²) in [5.41, 5.74) is 1.02. The number of amides is 2. The number of halogens is 1. The van der Waals surface area contributed by atoms with Crippen molar-refractivity contribution >= 4 is 27.7 Å². The minimum Gasteiger partial charge on any atom is -0.296 e. The summed E-state index contributed by atoms with van der Waals surface area (Å²) in [6.07, 6.45) is 4.01. The zero-order valence-electron chi connectivity index (χ0n) is 10.6. The molecule has 1 saturated heterocycles. The van der Waals surface area contributed by atoms with Crippen molar-refractivity contribution in [1.82, 2.24) is 5.32 Å². The van der Waals surface area contributed by atoms with Gasteiger partial charge in [-0.25, -0.2) is 0 Å². The molecule has 1 aromatic rings. The van der Waals surface area contributed by atoms with Gasteiger partial charge in [-0.3, -0.25) is 14.9 Å². The molecule has 4 heteroatoms. The smallest absolute Gasteiger partial charge is 0.234 e. The average Bonchev–Trinajstić information content (AvgIpc) is 2.28. The maximum atomic E-state index is 12.2. The van der Waals surface area contributed by atoms with Crippen molar-refractivity contribution in [3.8, 4) is 0 Å². The van der Waals surface area contributed by atoms with Crippen LogP contribution in [-0.2, 0) is 9.59 Å². The van der Waals surface area contributed by atoms with Crippen molar-refractivity contribution in [2.75, 3.05) is 0 Å². The molecule has 0 radical (unpaired) electrons. The highest BCUT2D eigenvalue weighted by Gasteiger charge is 2.42. The van der Waals surface area contributed by atoms with Crippen LogP contribution in [0.5, 0.6) is 0 Å². The van der Waals surface area contributed by atoms with Gasteiger partial charge in [-0.15, -0.1) is 0 Å². The van der Waals surface area contributed by atoms with Crippen LogP contribution in [0.1, 0.15) is 37.2 Å². The molecule has 1 heterocycles. The quantitative estimate of drug-likeness (QED) is 0.851. The third-order valence-electron chi connectivity index (χ3n) is 4.38. The Labute approximate surface area is 120 Å². The number of benzene rings is 1. The van der Waals surface area contributed by atoms with Crippen LogP contribution in [0.4, 0.5) is 0 Å². The van der Waals surface area contributed by atoms with Gasteiger partial charge in [0.25, 0.3) is 0 Å². The molecule has 100 valence electrons. The molecule has 1 saturated carbocycles. The highest BCUT2D eigenvalue weighted by Crippen LogP contribution is 2.44. The normalized spacial score (nSPS) is 27.8. The number of piperidine rings is 1. The summed E-state index contributed by atoms with van der Waals surface area (Å²) in [5, 5.41) is 2.49. The van der Waals surface area contributed by atoms with Crippen LogP contribution in [0.15, 0.2) is 28.7 Å². The first-order chi connectivity index (χ1) is 9.15. The number of nitrogens with one attached hydrogen (secondary N) is 1. The van der Waals surface area contributed by atoms with Crippen molar-refractivity contribution in [2.24, 2.45) is 11.8 Å². The van der Waals surface area contributed by atoms with Crippen LogP contribution in [0.25, 0.3) is 0 Å². The minimum atomic E-state index is -0.170. The van der Waals surface area contributed by atoms with Crippen molar-refractivity contribution in [1.29, 1.82) is 0 Å². The summed E-state index contributed by atoms with van der Waals surface area (Å²) in [5.74, 6) is 0.293. The van der Waals surface area contributed by atoms with E-state index in [0.717, 1.165) is 22.9 Å². The molecular weight excluding hydrogens is 306 g/mol. The van der Waals surface area contributed by atoms with Crippen molar-refractivity contribution in [3.05, 3.63) is 34.3 Å². The van der Waals surface area contributed by atoms with Crippen molar-refractivity contribution in [3.63, 3.8) is 0 Å². The highest BCUT2D eigenvalue weighted by molar-refractivity contribution is 9.10. The Morgan fingerprint density at radius 2 is 1.79 bits per heavy atom. The lowest BCUT2D eigenvalue weighted by Gasteiger charge is -2.40. The molecule has 2 fully saturated rings. The third-order valence-corrected chi connectivity index (χ3v) is 4.91. The summed E-state index contributed by atoms with van der Waals surface area (Å²) in [6, 6.07) is 7.87. The Bertz CT molecular complexity index is 507. The van der Waals surface area contributed by atoms with Gasteiger partial charge < -0.3 is 0 Å². The molecule has 2 unspecified atom stereocenters. The van der Waals surface area contributed by atoms with Crippen LogP contribution >= 0.6 is 15.9 Å². The zero-order chi connectivity index (χ0) is 13.4. The summed E-state index contributed by atoms with van der Waals surface area (Å²) in [4.78, 5) is 23.8. The van der Waals surface area contributed by atoms with Crippen LogP contribution < -0.4 is 5.32 Å². The van der Waals surface area contributed by atoms with Gasteiger partial charge in [0.2, 0.25) is 11.8 Å². The molecule has 3 rings (SSSR count). The first kappa shape index (κ1) is 12.9. The van der Waals surface area contributed by atoms with Gasteiger partial charge in [0.15, 0.2) is 0 Å². The monoisotopic (exact) mass is 321 g/mol. The molecular formula is C15H16BrNO2. The van der Waals surface area contributed by atoms with E-state index >= 15 is 0 Å². The van der Waals surface area contributed by atoms with Gasteiger partial charge in [0, 0.05) is 10.9 Å². The maximum Gasteiger partial charge on any atom is 0.234 e. The van der Waals surface area contributed by atoms with E-state index in [1.165, 1.54) is 6.42 Å². The zero-order valence-corrected chi connectivity index (χ0v) is 12.2. The van der Waals surface area contributed by atoms with Crippen LogP contribution in [0, 0.1) is 11.8 Å². The van der Waals surface area contributed by atoms with E-state index in [0.29, 0.717) is 12.3 Å². The molecule has 1 aliphatic carbocycles. The number of hydrogen-bond donors (Lipinski definition) is 1. The Hall–Kier alpha value is -1.16. The summed E-state index contributed by atoms with van der Waals surface area (Å²) in [7, 11) is 0. The number of imide groups is 1. The van der Waals surface area contributed by atoms with E-state index in [2.05, 4.69) is 21.2 Å². The Morgan fingerprint density at radius 1 is 1.11 bits per heavy atom. The van der Waals surface area contributed by atoms with Gasteiger partial charge >= 0.3 is 0 Å². The molecule has 19 heavy (non-hydrogen) atoms. The lowest BCUT2D eigenvalue weighted by molar-refractivity contribution is -0.138. The van der Waals surface area contributed by atoms with Crippen molar-refractivity contribution < 1.29 is 9.59 Å². The molecule has 2 amide bonds. The molecule has 1 aliphatic heterocycles. The van der Waals surface area contributed by atoms with Gasteiger partial charge in [-0.05, 0) is 29.5 Å². The summed E-state index contributed by atoms with van der Waals surface area (Å²) in [6.45, 7) is 0. The molecule has 2 aliphatic rings. The molecule has 0 aromatic heterocycles. The highest BCUT2D eigenvalue weighted by atomic mass is 79.9. The topological polar surface area (TPSA) is 46.2 Å². The van der Waals surface area contributed by atoms with Gasteiger partial charge in [0.1, 0.15) is 0 Å². The van der Waals surface area contributed by atoms with Crippen LogP contribution in [0.2, 0.25) is 0 Å². The fourth-order valence-electron chi connectivity index (χ4n) is 3.17. The van der Waals surface area contributed by atoms with E-state index in [1.807, 2.05) is 24.3 Å². The van der Waals surface area contributed by atoms with Gasteiger partial charge in [-0.2, -0.15) is 0 Å². The van der Waals surface area contributed by atoms with Gasteiger partial charge in [-0.1, -0.05) is 47.3 Å². The maximum absolute atomic E-state index is 12.2. The molecule has 2 atom stereocenters. The van der Waals surface area contributed by atoms with E-state index < -0.39 is 0 Å². The third kappa shape index (κ3) is 2.46. The standard InChI is InChI=1S/C15H16BrNO2/c16-11-6-4-10(5-7-11)14-12(9-2-1-3-9)8-13(18)17-15(14)19/h4-7,9,12,14H,1-3,8H2,(H,17,18,19). The lowest BCUT2D eigenvalue weighted by atomic mass is 9.66. The summed E-state index contributed by atoms with van der Waals surface area (Å²) >= 11 is 3.41. The SMILES string of the molecule is O=C1CC(C2CCC2)C(c2ccc(Br)cc2)C(=O)N1. The molecule has 1 aromatic carbocycles. The number of hydrogen-bond acceptors (Lipinski definition) is 2. The van der Waals surface area contributed by atoms with E-state index in [1.54, 1.807) is 0 Å². The second kappa shape index (κ2) is 5.08. The van der Waals surface area contributed by atoms with Gasteiger partial charge in [0.05, 0.1) is 5.92 Å². The van der Waals surface area contributed by atoms with Crippen LogP contribution in [-0.4, -0.2) is 11.8 Å². The average molecular weight is 322 g/mol. The predicted octanol–water partition coefficient (Wildman–Crippen LogP) is 3.00. The molecule has 1 N–H and O–H groups in total. The predicted molar refractivity (Wildman–Crippen MR) is 75.5 cm³/mol. The Morgan fingerprint density at radius 3 is 2.37 bits per heavy atom. The second-order valence-electron chi connectivity index (χ2n) is 5.50. The lowest BCUT2D eigenvalue weighted by Crippen LogP contribution is -2.47. The fourth-order valence-corrected chi connectivity index (χ4v) is 3.43. The number of rotatable bonds is 2. The molecule has 3 nitrogen and oxygen atoms in total. The fraction of sp³-hybridized carbons (Fsp3) is 0.467. The van der Waals surface area contributed by atoms with E-state index in [-0.39, 0.29) is 23.7 Å². The first-order valence-corrected chi connectivity index (χ1v) is 7.53. The molecule has 0 spiro atoms. The number of carbonyl (C=O) groups is 2. The Balaban J connectivity index is 1.92.